The van der Waals surface area contributed by atoms with Gasteiger partial charge in [0.2, 0.25) is 0 Å². The highest BCUT2D eigenvalue weighted by Gasteiger charge is 2.12. The molecule has 23 heavy (non-hydrogen) atoms. The second-order valence-electron chi connectivity index (χ2n) is 4.61. The highest BCUT2D eigenvalue weighted by Crippen LogP contribution is 2.32. The third-order valence-corrected chi connectivity index (χ3v) is 5.43. The fourth-order valence-corrected chi connectivity index (χ4v) is 4.13. The van der Waals surface area contributed by atoms with Crippen LogP contribution in [0.15, 0.2) is 46.8 Å². The van der Waals surface area contributed by atoms with Gasteiger partial charge in [-0.3, -0.25) is 14.9 Å². The highest BCUT2D eigenvalue weighted by atomic mass is 35.5. The van der Waals surface area contributed by atoms with Gasteiger partial charge in [-0.15, -0.1) is 11.3 Å². The quantitative estimate of drug-likeness (QED) is 0.280. The maximum absolute atomic E-state index is 12.1. The minimum Gasteiger partial charge on any atom is -0.293 e. The van der Waals surface area contributed by atoms with Gasteiger partial charge in [-0.2, -0.15) is 0 Å². The lowest BCUT2D eigenvalue weighted by atomic mass is 10.1. The lowest BCUT2D eigenvalue weighted by Gasteiger charge is -1.99. The molecule has 0 fully saturated rings. The molecule has 0 saturated carbocycles. The Morgan fingerprint density at radius 1 is 1.30 bits per heavy atom. The average molecular weight is 365 g/mol. The zero-order chi connectivity index (χ0) is 16.4. The zero-order valence-corrected chi connectivity index (χ0v) is 14.0. The summed E-state index contributed by atoms with van der Waals surface area (Å²) in [6.45, 7) is 0. The Morgan fingerprint density at radius 3 is 2.87 bits per heavy atom. The van der Waals surface area contributed by atoms with Crippen LogP contribution in [-0.4, -0.2) is 21.4 Å². The van der Waals surface area contributed by atoms with Crippen molar-refractivity contribution in [3.63, 3.8) is 0 Å². The lowest BCUT2D eigenvalue weighted by molar-refractivity contribution is -0.384. The molecule has 0 saturated heterocycles. The Bertz CT molecular complexity index is 911. The summed E-state index contributed by atoms with van der Waals surface area (Å²) in [7, 11) is 0. The van der Waals surface area contributed by atoms with E-state index in [0.29, 0.717) is 20.4 Å². The van der Waals surface area contributed by atoms with Gasteiger partial charge in [0, 0.05) is 22.7 Å². The van der Waals surface area contributed by atoms with Gasteiger partial charge in [0.15, 0.2) is 10.1 Å². The van der Waals surface area contributed by atoms with Crippen LogP contribution in [0.1, 0.15) is 10.4 Å². The summed E-state index contributed by atoms with van der Waals surface area (Å²) in [6, 6.07) is 11.3. The molecule has 1 heterocycles. The predicted octanol–water partition coefficient (Wildman–Crippen LogP) is 4.83. The summed E-state index contributed by atoms with van der Waals surface area (Å²) in [4.78, 5) is 26.9. The Morgan fingerprint density at radius 2 is 2.13 bits per heavy atom. The molecule has 3 aromatic rings. The van der Waals surface area contributed by atoms with Gasteiger partial charge in [0.1, 0.15) is 0 Å². The molecule has 2 aromatic carbocycles. The van der Waals surface area contributed by atoms with Crippen molar-refractivity contribution < 1.29 is 9.72 Å². The van der Waals surface area contributed by atoms with E-state index in [2.05, 4.69) is 4.98 Å². The van der Waals surface area contributed by atoms with E-state index in [1.165, 1.54) is 35.2 Å². The van der Waals surface area contributed by atoms with Crippen molar-refractivity contribution in [1.29, 1.82) is 0 Å². The standard InChI is InChI=1S/C15H9ClN2O3S2/c16-10-3-1-2-9(6-10)13(19)8-22-15-17-12-5-4-11(18(20)21)7-14(12)23-15/h1-7H,8H2. The molecule has 0 aliphatic rings. The number of fused-ring (bicyclic) bond motifs is 1. The number of hydrogen-bond donors (Lipinski definition) is 0. The van der Waals surface area contributed by atoms with E-state index in [1.54, 1.807) is 30.3 Å². The third kappa shape index (κ3) is 3.69. The minimum atomic E-state index is -0.436. The van der Waals surface area contributed by atoms with Crippen molar-refractivity contribution in [3.05, 3.63) is 63.2 Å². The van der Waals surface area contributed by atoms with E-state index < -0.39 is 4.92 Å². The fraction of sp³-hybridized carbons (Fsp3) is 0.0667. The van der Waals surface area contributed by atoms with Crippen molar-refractivity contribution in [1.82, 2.24) is 4.98 Å². The number of thiazole rings is 1. The number of nitro benzene ring substituents is 1. The number of nitro groups is 1. The summed E-state index contributed by atoms with van der Waals surface area (Å²) >= 11 is 8.53. The first kappa shape index (κ1) is 15.9. The van der Waals surface area contributed by atoms with Gasteiger partial charge in [-0.1, -0.05) is 35.5 Å². The Hall–Kier alpha value is -1.96. The van der Waals surface area contributed by atoms with E-state index in [1.807, 2.05) is 0 Å². The normalized spacial score (nSPS) is 10.8. The number of ketones is 1. The van der Waals surface area contributed by atoms with Crippen molar-refractivity contribution in [2.75, 3.05) is 5.75 Å². The number of carbonyl (C=O) groups excluding carboxylic acids is 1. The summed E-state index contributed by atoms with van der Waals surface area (Å²) < 4.78 is 1.44. The number of benzene rings is 2. The molecule has 0 aliphatic carbocycles. The predicted molar refractivity (Wildman–Crippen MR) is 92.8 cm³/mol. The average Bonchev–Trinajstić information content (AvgIpc) is 2.94. The van der Waals surface area contributed by atoms with Gasteiger partial charge in [-0.05, 0) is 18.2 Å². The van der Waals surface area contributed by atoms with Gasteiger partial charge < -0.3 is 0 Å². The molecule has 0 N–H and O–H groups in total. The second kappa shape index (κ2) is 6.66. The van der Waals surface area contributed by atoms with Crippen LogP contribution in [0.5, 0.6) is 0 Å². The molecule has 0 radical (unpaired) electrons. The second-order valence-corrected chi connectivity index (χ2v) is 7.30. The van der Waals surface area contributed by atoms with E-state index in [4.69, 9.17) is 11.6 Å². The topological polar surface area (TPSA) is 73.1 Å². The number of halogens is 1. The first-order valence-corrected chi connectivity index (χ1v) is 8.67. The van der Waals surface area contributed by atoms with E-state index >= 15 is 0 Å². The monoisotopic (exact) mass is 364 g/mol. The molecule has 0 unspecified atom stereocenters. The summed E-state index contributed by atoms with van der Waals surface area (Å²) in [6.07, 6.45) is 0. The lowest BCUT2D eigenvalue weighted by Crippen LogP contribution is -2.01. The van der Waals surface area contributed by atoms with Gasteiger partial charge in [0.05, 0.1) is 20.9 Å². The van der Waals surface area contributed by atoms with E-state index in [-0.39, 0.29) is 17.2 Å². The molecular weight excluding hydrogens is 356 g/mol. The minimum absolute atomic E-state index is 0.0349. The molecule has 0 spiro atoms. The van der Waals surface area contributed by atoms with Crippen LogP contribution < -0.4 is 0 Å². The molecular formula is C15H9ClN2O3S2. The summed E-state index contributed by atoms with van der Waals surface area (Å²) in [5.74, 6) is 0.199. The van der Waals surface area contributed by atoms with Crippen molar-refractivity contribution in [3.8, 4) is 0 Å². The number of hydrogen-bond acceptors (Lipinski definition) is 6. The Balaban J connectivity index is 1.74. The molecule has 3 rings (SSSR count). The number of thioether (sulfide) groups is 1. The smallest absolute Gasteiger partial charge is 0.270 e. The van der Waals surface area contributed by atoms with Crippen LogP contribution in [-0.2, 0) is 0 Å². The van der Waals surface area contributed by atoms with Gasteiger partial charge >= 0.3 is 0 Å². The van der Waals surface area contributed by atoms with Crippen LogP contribution in [0.3, 0.4) is 0 Å². The first-order chi connectivity index (χ1) is 11.0. The molecule has 8 heteroatoms. The highest BCUT2D eigenvalue weighted by molar-refractivity contribution is 8.01. The molecule has 1 aromatic heterocycles. The van der Waals surface area contributed by atoms with E-state index in [9.17, 15) is 14.9 Å². The molecule has 116 valence electrons. The third-order valence-electron chi connectivity index (χ3n) is 3.04. The Kier molecular flexibility index (Phi) is 4.61. The first-order valence-electron chi connectivity index (χ1n) is 6.49. The molecule has 0 bridgehead atoms. The van der Waals surface area contributed by atoms with Crippen LogP contribution in [0.2, 0.25) is 5.02 Å². The summed E-state index contributed by atoms with van der Waals surface area (Å²) in [5, 5.41) is 11.3. The van der Waals surface area contributed by atoms with Crippen molar-refractivity contribution >= 4 is 56.4 Å². The van der Waals surface area contributed by atoms with Crippen LogP contribution in [0.25, 0.3) is 10.2 Å². The Labute approximate surface area is 144 Å². The SMILES string of the molecule is O=C(CSc1nc2ccc([N+](=O)[O-])cc2s1)c1cccc(Cl)c1. The number of rotatable bonds is 5. The van der Waals surface area contributed by atoms with Crippen LogP contribution >= 0.6 is 34.7 Å². The molecule has 5 nitrogen and oxygen atoms in total. The number of non-ortho nitro benzene ring substituents is 1. The number of carbonyl (C=O) groups is 1. The van der Waals surface area contributed by atoms with Gasteiger partial charge in [0.25, 0.3) is 5.69 Å². The van der Waals surface area contributed by atoms with Crippen LogP contribution in [0, 0.1) is 10.1 Å². The van der Waals surface area contributed by atoms with Crippen molar-refractivity contribution in [2.45, 2.75) is 4.34 Å². The van der Waals surface area contributed by atoms with Crippen molar-refractivity contribution in [2.24, 2.45) is 0 Å². The fourth-order valence-electron chi connectivity index (χ4n) is 1.94. The maximum Gasteiger partial charge on any atom is 0.270 e. The molecule has 0 aliphatic heterocycles. The number of nitrogens with zero attached hydrogens (tertiary/aromatic N) is 2. The largest absolute Gasteiger partial charge is 0.293 e. The molecule has 0 atom stereocenters. The molecule has 0 amide bonds. The maximum atomic E-state index is 12.1. The number of Topliss-reactive ketones (excluding diaryl/α,β-unsaturated/α-hetero) is 1. The number of aromatic nitrogens is 1. The van der Waals surface area contributed by atoms with Crippen LogP contribution in [0.4, 0.5) is 5.69 Å². The van der Waals surface area contributed by atoms with E-state index in [0.717, 1.165) is 4.70 Å². The zero-order valence-electron chi connectivity index (χ0n) is 11.6. The van der Waals surface area contributed by atoms with Gasteiger partial charge in [-0.25, -0.2) is 4.98 Å². The summed E-state index contributed by atoms with van der Waals surface area (Å²) in [5.41, 5.74) is 1.28.